The van der Waals surface area contributed by atoms with Gasteiger partial charge < -0.3 is 5.73 Å². The van der Waals surface area contributed by atoms with Crippen LogP contribution in [0.5, 0.6) is 0 Å². The lowest BCUT2D eigenvalue weighted by Crippen LogP contribution is -2.12. The van der Waals surface area contributed by atoms with E-state index in [-0.39, 0.29) is 12.1 Å². The number of pyridine rings is 1. The molecule has 0 unspecified atom stereocenters. The molecule has 2 N–H and O–H groups in total. The molecule has 13 heavy (non-hydrogen) atoms. The maximum absolute atomic E-state index is 10.8. The number of nitrogens with two attached hydrogens (primary N) is 1. The minimum atomic E-state index is -0.591. The van der Waals surface area contributed by atoms with Crippen molar-refractivity contribution in [3.8, 4) is 0 Å². The second-order valence-corrected chi connectivity index (χ2v) is 3.10. The Labute approximate surface area is 82.4 Å². The fourth-order valence-corrected chi connectivity index (χ4v) is 1.37. The van der Waals surface area contributed by atoms with Crippen LogP contribution in [0.3, 0.4) is 0 Å². The molecule has 0 radical (unpaired) electrons. The lowest BCUT2D eigenvalue weighted by atomic mass is 10.2. The van der Waals surface area contributed by atoms with Gasteiger partial charge in [0.25, 0.3) is 5.91 Å². The van der Waals surface area contributed by atoms with E-state index in [1.807, 2.05) is 0 Å². The van der Waals surface area contributed by atoms with E-state index < -0.39 is 5.91 Å². The van der Waals surface area contributed by atoms with E-state index in [2.05, 4.69) is 26.1 Å². The summed E-state index contributed by atoms with van der Waals surface area (Å²) in [6.07, 6.45) is 2.79. The van der Waals surface area contributed by atoms with Gasteiger partial charge in [-0.15, -0.1) is 0 Å². The first-order chi connectivity index (χ1) is 6.16. The van der Waals surface area contributed by atoms with E-state index in [0.29, 0.717) is 10.0 Å². The van der Waals surface area contributed by atoms with Gasteiger partial charge in [0.2, 0.25) is 0 Å². The molecule has 0 aliphatic carbocycles. The zero-order valence-electron chi connectivity index (χ0n) is 6.53. The number of carbonyl (C=O) groups excluding carboxylic acids is 1. The molecule has 6 heteroatoms. The second-order valence-electron chi connectivity index (χ2n) is 2.31. The third-order valence-electron chi connectivity index (χ3n) is 1.45. The zero-order valence-corrected chi connectivity index (χ0v) is 8.11. The highest BCUT2D eigenvalue weighted by Crippen LogP contribution is 2.20. The number of carbonyl (C=O) groups is 1. The number of hydrogen-bond acceptors (Lipinski definition) is 4. The van der Waals surface area contributed by atoms with E-state index in [1.165, 1.54) is 12.4 Å². The third kappa shape index (κ3) is 2.09. The highest BCUT2D eigenvalue weighted by molar-refractivity contribution is 9.10. The summed E-state index contributed by atoms with van der Waals surface area (Å²) in [4.78, 5) is 24.6. The average Bonchev–Trinajstić information content (AvgIpc) is 2.08. The van der Waals surface area contributed by atoms with Gasteiger partial charge in [0.1, 0.15) is 6.54 Å². The fourth-order valence-electron chi connectivity index (χ4n) is 0.840. The van der Waals surface area contributed by atoms with E-state index in [0.717, 1.165) is 0 Å². The summed E-state index contributed by atoms with van der Waals surface area (Å²) in [6, 6.07) is 0. The van der Waals surface area contributed by atoms with Gasteiger partial charge in [-0.3, -0.25) is 9.78 Å². The van der Waals surface area contributed by atoms with Crippen molar-refractivity contribution in [2.24, 2.45) is 10.9 Å². The molecular formula is C7H6BrN3O2. The minimum Gasteiger partial charge on any atom is -0.366 e. The lowest BCUT2D eigenvalue weighted by molar-refractivity contribution is 0.0999. The van der Waals surface area contributed by atoms with Crippen molar-refractivity contribution < 1.29 is 4.79 Å². The first-order valence-electron chi connectivity index (χ1n) is 3.38. The number of halogens is 1. The molecule has 0 saturated heterocycles. The molecule has 0 atom stereocenters. The molecule has 0 bridgehead atoms. The van der Waals surface area contributed by atoms with Crippen molar-refractivity contribution in [3.05, 3.63) is 32.9 Å². The molecule has 0 aromatic carbocycles. The van der Waals surface area contributed by atoms with E-state index in [9.17, 15) is 9.70 Å². The highest BCUT2D eigenvalue weighted by Gasteiger charge is 2.10. The largest absolute Gasteiger partial charge is 0.366 e. The monoisotopic (exact) mass is 243 g/mol. The molecule has 0 saturated carbocycles. The predicted molar refractivity (Wildman–Crippen MR) is 50.0 cm³/mol. The highest BCUT2D eigenvalue weighted by atomic mass is 79.9. The van der Waals surface area contributed by atoms with Crippen molar-refractivity contribution in [2.45, 2.75) is 6.54 Å². The van der Waals surface area contributed by atoms with Crippen LogP contribution in [0, 0.1) is 4.91 Å². The maximum atomic E-state index is 10.8. The standard InChI is InChI=1S/C7H6BrN3O2/c8-6-4(2-11-13)1-10-3-5(6)7(9)12/h1,3H,2H2,(H2,9,12). The van der Waals surface area contributed by atoms with Gasteiger partial charge in [-0.1, -0.05) is 5.18 Å². The Kier molecular flexibility index (Phi) is 3.07. The molecule has 0 spiro atoms. The molecule has 0 aliphatic rings. The Bertz CT molecular complexity index is 354. The van der Waals surface area contributed by atoms with Crippen LogP contribution in [0.4, 0.5) is 0 Å². The zero-order chi connectivity index (χ0) is 9.84. The van der Waals surface area contributed by atoms with Crippen molar-refractivity contribution in [1.82, 2.24) is 4.98 Å². The third-order valence-corrected chi connectivity index (χ3v) is 2.39. The molecule has 1 rings (SSSR count). The van der Waals surface area contributed by atoms with Gasteiger partial charge in [-0.25, -0.2) is 0 Å². The van der Waals surface area contributed by atoms with Gasteiger partial charge in [0, 0.05) is 22.4 Å². The van der Waals surface area contributed by atoms with Gasteiger partial charge in [0.15, 0.2) is 0 Å². The lowest BCUT2D eigenvalue weighted by Gasteiger charge is -2.02. The van der Waals surface area contributed by atoms with Gasteiger partial charge in [-0.2, -0.15) is 4.91 Å². The summed E-state index contributed by atoms with van der Waals surface area (Å²) >= 11 is 3.14. The number of nitrogens with zero attached hydrogens (tertiary/aromatic N) is 2. The van der Waals surface area contributed by atoms with Crippen LogP contribution in [0.25, 0.3) is 0 Å². The summed E-state index contributed by atoms with van der Waals surface area (Å²) in [6.45, 7) is -0.0330. The van der Waals surface area contributed by atoms with Crippen molar-refractivity contribution in [2.75, 3.05) is 0 Å². The molecule has 5 nitrogen and oxygen atoms in total. The summed E-state index contributed by atoms with van der Waals surface area (Å²) in [7, 11) is 0. The molecule has 0 fully saturated rings. The Hall–Kier alpha value is -1.30. The van der Waals surface area contributed by atoms with E-state index >= 15 is 0 Å². The van der Waals surface area contributed by atoms with E-state index in [1.54, 1.807) is 0 Å². The predicted octanol–water partition coefficient (Wildman–Crippen LogP) is 1.21. The summed E-state index contributed by atoms with van der Waals surface area (Å²) in [5, 5.41) is 2.70. The molecule has 68 valence electrons. The van der Waals surface area contributed by atoms with Gasteiger partial charge >= 0.3 is 0 Å². The molecule has 0 aliphatic heterocycles. The minimum absolute atomic E-state index is 0.0330. The number of nitroso groups, excluding NO2 is 1. The van der Waals surface area contributed by atoms with Crippen molar-refractivity contribution in [3.63, 3.8) is 0 Å². The molecule has 1 aromatic heterocycles. The number of rotatable bonds is 3. The quantitative estimate of drug-likeness (QED) is 0.810. The summed E-state index contributed by atoms with van der Waals surface area (Å²) < 4.78 is 0.481. The van der Waals surface area contributed by atoms with Crippen LogP contribution >= 0.6 is 15.9 Å². The summed E-state index contributed by atoms with van der Waals surface area (Å²) in [5.74, 6) is -0.591. The number of primary amides is 1. The van der Waals surface area contributed by atoms with Crippen molar-refractivity contribution in [1.29, 1.82) is 0 Å². The molecule has 1 amide bonds. The topological polar surface area (TPSA) is 85.4 Å². The Morgan fingerprint density at radius 2 is 2.31 bits per heavy atom. The SMILES string of the molecule is NC(=O)c1cncc(CN=O)c1Br. The maximum Gasteiger partial charge on any atom is 0.251 e. The molecule has 1 aromatic rings. The van der Waals surface area contributed by atoms with Gasteiger partial charge in [0.05, 0.1) is 5.56 Å². The molecular weight excluding hydrogens is 238 g/mol. The Morgan fingerprint density at radius 1 is 1.62 bits per heavy atom. The van der Waals surface area contributed by atoms with Crippen molar-refractivity contribution >= 4 is 21.8 Å². The average molecular weight is 244 g/mol. The summed E-state index contributed by atoms with van der Waals surface area (Å²) in [5.41, 5.74) is 5.86. The smallest absolute Gasteiger partial charge is 0.251 e. The van der Waals surface area contributed by atoms with Crippen LogP contribution < -0.4 is 5.73 Å². The Balaban J connectivity index is 3.17. The number of hydrogen-bond donors (Lipinski definition) is 1. The Morgan fingerprint density at radius 3 is 2.85 bits per heavy atom. The second kappa shape index (κ2) is 4.08. The van der Waals surface area contributed by atoms with Gasteiger partial charge in [-0.05, 0) is 15.9 Å². The normalized spacial score (nSPS) is 9.62. The number of amides is 1. The first kappa shape index (κ1) is 9.79. The molecule has 1 heterocycles. The van der Waals surface area contributed by atoms with Crippen LogP contribution in [0.1, 0.15) is 15.9 Å². The first-order valence-corrected chi connectivity index (χ1v) is 4.17. The van der Waals surface area contributed by atoms with Crippen LogP contribution in [-0.2, 0) is 6.54 Å². The van der Waals surface area contributed by atoms with E-state index in [4.69, 9.17) is 5.73 Å². The number of aromatic nitrogens is 1. The van der Waals surface area contributed by atoms with Crippen LogP contribution in [0.2, 0.25) is 0 Å². The van der Waals surface area contributed by atoms with Crippen LogP contribution in [0.15, 0.2) is 22.0 Å². The van der Waals surface area contributed by atoms with Crippen LogP contribution in [-0.4, -0.2) is 10.9 Å². The fraction of sp³-hybridized carbons (Fsp3) is 0.143.